The molecule has 0 bridgehead atoms. The van der Waals surface area contributed by atoms with Crippen LogP contribution in [-0.2, 0) is 16.0 Å². The minimum absolute atomic E-state index is 0.291. The van der Waals surface area contributed by atoms with Crippen LogP contribution in [0.3, 0.4) is 0 Å². The summed E-state index contributed by atoms with van der Waals surface area (Å²) in [4.78, 5) is 22.7. The number of carboxylic acid groups (broad SMARTS) is 1. The van der Waals surface area contributed by atoms with Crippen molar-refractivity contribution < 1.29 is 32.6 Å². The molecule has 5 nitrogen and oxygen atoms in total. The molecule has 1 aliphatic carbocycles. The third kappa shape index (κ3) is 4.87. The zero-order valence-corrected chi connectivity index (χ0v) is 12.1. The first-order valence-electron chi connectivity index (χ1n) is 7.11. The Labute approximate surface area is 130 Å². The van der Waals surface area contributed by atoms with Crippen LogP contribution in [0.15, 0.2) is 24.3 Å². The van der Waals surface area contributed by atoms with Gasteiger partial charge in [0.15, 0.2) is 0 Å². The number of halogens is 3. The van der Waals surface area contributed by atoms with Crippen molar-refractivity contribution in [1.29, 1.82) is 0 Å². The number of hydrogen-bond acceptors (Lipinski definition) is 3. The third-order valence-corrected chi connectivity index (χ3v) is 3.80. The predicted octanol–water partition coefficient (Wildman–Crippen LogP) is 2.35. The van der Waals surface area contributed by atoms with E-state index in [1.165, 1.54) is 24.3 Å². The van der Waals surface area contributed by atoms with Crippen molar-refractivity contribution in [2.75, 3.05) is 6.54 Å². The van der Waals surface area contributed by atoms with Crippen LogP contribution in [0.1, 0.15) is 18.4 Å². The van der Waals surface area contributed by atoms with E-state index >= 15 is 0 Å². The van der Waals surface area contributed by atoms with Crippen molar-refractivity contribution in [3.05, 3.63) is 29.8 Å². The molecule has 1 fully saturated rings. The molecule has 1 aromatic carbocycles. The van der Waals surface area contributed by atoms with Gasteiger partial charge >= 0.3 is 12.3 Å². The Morgan fingerprint density at radius 3 is 2.26 bits per heavy atom. The largest absolute Gasteiger partial charge is 0.573 e. The maximum absolute atomic E-state index is 12.0. The number of carbonyl (C=O) groups excluding carboxylic acids is 1. The van der Waals surface area contributed by atoms with Gasteiger partial charge in [-0.15, -0.1) is 13.2 Å². The van der Waals surface area contributed by atoms with Gasteiger partial charge in [0, 0.05) is 6.54 Å². The molecule has 1 aliphatic rings. The summed E-state index contributed by atoms with van der Waals surface area (Å²) in [5, 5.41) is 11.5. The van der Waals surface area contributed by atoms with Crippen molar-refractivity contribution in [3.63, 3.8) is 0 Å². The zero-order chi connectivity index (χ0) is 17.0. The first-order chi connectivity index (χ1) is 10.8. The van der Waals surface area contributed by atoms with Crippen LogP contribution < -0.4 is 10.1 Å². The average molecular weight is 331 g/mol. The Balaban J connectivity index is 1.76. The summed E-state index contributed by atoms with van der Waals surface area (Å²) in [7, 11) is 0. The molecular weight excluding hydrogens is 315 g/mol. The van der Waals surface area contributed by atoms with Gasteiger partial charge in [-0.3, -0.25) is 9.59 Å². The number of amides is 1. The number of carbonyl (C=O) groups is 2. The fourth-order valence-electron chi connectivity index (χ4n) is 2.43. The summed E-state index contributed by atoms with van der Waals surface area (Å²) in [6, 6.07) is 5.38. The van der Waals surface area contributed by atoms with Gasteiger partial charge < -0.3 is 15.2 Å². The normalized spacial score (nSPS) is 20.5. The van der Waals surface area contributed by atoms with Crippen molar-refractivity contribution in [2.45, 2.75) is 25.6 Å². The van der Waals surface area contributed by atoms with Crippen molar-refractivity contribution >= 4 is 11.9 Å². The molecule has 23 heavy (non-hydrogen) atoms. The first kappa shape index (κ1) is 17.1. The molecule has 2 rings (SSSR count). The highest BCUT2D eigenvalue weighted by Crippen LogP contribution is 2.34. The molecule has 0 saturated heterocycles. The number of ether oxygens (including phenoxy) is 1. The van der Waals surface area contributed by atoms with Gasteiger partial charge in [-0.2, -0.15) is 0 Å². The zero-order valence-electron chi connectivity index (χ0n) is 12.1. The maximum atomic E-state index is 12.0. The summed E-state index contributed by atoms with van der Waals surface area (Å²) in [6.45, 7) is 0.293. The van der Waals surface area contributed by atoms with Crippen LogP contribution in [0.2, 0.25) is 0 Å². The summed E-state index contributed by atoms with van der Waals surface area (Å²) >= 11 is 0. The van der Waals surface area contributed by atoms with E-state index in [0.717, 1.165) is 5.56 Å². The lowest BCUT2D eigenvalue weighted by Gasteiger charge is -2.31. The summed E-state index contributed by atoms with van der Waals surface area (Å²) < 4.78 is 39.8. The highest BCUT2D eigenvalue weighted by atomic mass is 19.4. The Hall–Kier alpha value is -2.25. The van der Waals surface area contributed by atoms with Gasteiger partial charge in [0.05, 0.1) is 11.8 Å². The Kier molecular flexibility index (Phi) is 5.12. The predicted molar refractivity (Wildman–Crippen MR) is 73.7 cm³/mol. The van der Waals surface area contributed by atoms with Crippen LogP contribution in [-0.4, -0.2) is 29.9 Å². The molecule has 0 radical (unpaired) electrons. The molecule has 0 aliphatic heterocycles. The Morgan fingerprint density at radius 2 is 1.78 bits per heavy atom. The van der Waals surface area contributed by atoms with Gasteiger partial charge in [-0.1, -0.05) is 12.1 Å². The lowest BCUT2D eigenvalue weighted by Crippen LogP contribution is -2.44. The molecule has 2 N–H and O–H groups in total. The number of aliphatic carboxylic acids is 1. The van der Waals surface area contributed by atoms with Crippen LogP contribution >= 0.6 is 0 Å². The fourth-order valence-corrected chi connectivity index (χ4v) is 2.43. The molecule has 0 heterocycles. The standard InChI is InChI=1S/C15H16F3NO4/c16-15(17,18)23-10-3-1-9(2-4-10)7-8-19-13(20)11-5-6-12(11)14(21)22/h1-4,11-12H,5-8H2,(H,19,20)(H,21,22). The molecule has 1 amide bonds. The monoisotopic (exact) mass is 331 g/mol. The molecule has 8 heteroatoms. The average Bonchev–Trinajstić information content (AvgIpc) is 2.37. The Bertz CT molecular complexity index is 571. The second-order valence-corrected chi connectivity index (χ2v) is 5.36. The topological polar surface area (TPSA) is 75.6 Å². The van der Waals surface area contributed by atoms with Crippen LogP contribution in [0.5, 0.6) is 5.75 Å². The Morgan fingerprint density at radius 1 is 1.17 bits per heavy atom. The first-order valence-corrected chi connectivity index (χ1v) is 7.11. The van der Waals surface area contributed by atoms with E-state index in [-0.39, 0.29) is 11.7 Å². The van der Waals surface area contributed by atoms with E-state index in [9.17, 15) is 22.8 Å². The SMILES string of the molecule is O=C(O)C1CCC1C(=O)NCCc1ccc(OC(F)(F)F)cc1. The smallest absolute Gasteiger partial charge is 0.481 e. The van der Waals surface area contributed by atoms with E-state index in [4.69, 9.17) is 5.11 Å². The lowest BCUT2D eigenvalue weighted by atomic mass is 9.73. The molecule has 1 aromatic rings. The van der Waals surface area contributed by atoms with Gasteiger partial charge in [-0.05, 0) is 37.0 Å². The summed E-state index contributed by atoms with van der Waals surface area (Å²) in [5.74, 6) is -2.66. The quantitative estimate of drug-likeness (QED) is 0.839. The highest BCUT2D eigenvalue weighted by Gasteiger charge is 2.41. The van der Waals surface area contributed by atoms with Gasteiger partial charge in [0.2, 0.25) is 5.91 Å². The number of alkyl halides is 3. The van der Waals surface area contributed by atoms with E-state index in [2.05, 4.69) is 10.1 Å². The second-order valence-electron chi connectivity index (χ2n) is 5.36. The van der Waals surface area contributed by atoms with E-state index in [0.29, 0.717) is 25.8 Å². The van der Waals surface area contributed by atoms with E-state index in [1.54, 1.807) is 0 Å². The fraction of sp³-hybridized carbons (Fsp3) is 0.467. The maximum Gasteiger partial charge on any atom is 0.573 e. The van der Waals surface area contributed by atoms with Crippen molar-refractivity contribution in [3.8, 4) is 5.75 Å². The van der Waals surface area contributed by atoms with Crippen LogP contribution in [0.25, 0.3) is 0 Å². The lowest BCUT2D eigenvalue weighted by molar-refractivity contribution is -0.274. The van der Waals surface area contributed by atoms with Gasteiger partial charge in [-0.25, -0.2) is 0 Å². The van der Waals surface area contributed by atoms with E-state index < -0.39 is 24.2 Å². The minimum Gasteiger partial charge on any atom is -0.481 e. The molecule has 126 valence electrons. The van der Waals surface area contributed by atoms with Gasteiger partial charge in [0.1, 0.15) is 5.75 Å². The van der Waals surface area contributed by atoms with Gasteiger partial charge in [0.25, 0.3) is 0 Å². The number of benzene rings is 1. The minimum atomic E-state index is -4.72. The number of rotatable bonds is 6. The van der Waals surface area contributed by atoms with Crippen molar-refractivity contribution in [2.24, 2.45) is 11.8 Å². The molecule has 2 atom stereocenters. The van der Waals surface area contributed by atoms with E-state index in [1.807, 2.05) is 0 Å². The highest BCUT2D eigenvalue weighted by molar-refractivity contribution is 5.86. The number of nitrogens with one attached hydrogen (secondary N) is 1. The molecule has 2 unspecified atom stereocenters. The summed E-state index contributed by atoms with van der Waals surface area (Å²) in [6.07, 6.45) is -3.22. The van der Waals surface area contributed by atoms with Crippen molar-refractivity contribution in [1.82, 2.24) is 5.32 Å². The van der Waals surface area contributed by atoms with Crippen LogP contribution in [0.4, 0.5) is 13.2 Å². The number of hydrogen-bond donors (Lipinski definition) is 2. The molecule has 1 saturated carbocycles. The summed E-state index contributed by atoms with van der Waals surface area (Å²) in [5.41, 5.74) is 0.739. The molecule has 0 spiro atoms. The number of carboxylic acids is 1. The molecular formula is C15H16F3NO4. The van der Waals surface area contributed by atoms with Crippen LogP contribution in [0, 0.1) is 11.8 Å². The second kappa shape index (κ2) is 6.89. The third-order valence-electron chi connectivity index (χ3n) is 3.80. The molecule has 0 aromatic heterocycles.